The van der Waals surface area contributed by atoms with Crippen LogP contribution in [-0.2, 0) is 16.0 Å². The van der Waals surface area contributed by atoms with Crippen molar-refractivity contribution in [3.63, 3.8) is 0 Å². The smallest absolute Gasteiger partial charge is 0.268 e. The molecule has 0 spiro atoms. The molecular formula is C18H29N3O3. The van der Waals surface area contributed by atoms with E-state index in [4.69, 9.17) is 9.47 Å². The molecule has 0 saturated carbocycles. The number of aromatic nitrogens is 1. The number of carbonyl (C=O) groups is 1. The van der Waals surface area contributed by atoms with Gasteiger partial charge in [0.05, 0.1) is 18.9 Å². The number of amides is 1. The van der Waals surface area contributed by atoms with Gasteiger partial charge in [-0.1, -0.05) is 6.08 Å². The zero-order valence-electron chi connectivity index (χ0n) is 15.1. The average Bonchev–Trinajstić information content (AvgIpc) is 2.83. The third kappa shape index (κ3) is 3.99. The van der Waals surface area contributed by atoms with Crippen molar-refractivity contribution < 1.29 is 14.3 Å². The van der Waals surface area contributed by atoms with Gasteiger partial charge in [0.2, 0.25) is 0 Å². The van der Waals surface area contributed by atoms with Crippen molar-refractivity contribution in [2.75, 3.05) is 51.5 Å². The van der Waals surface area contributed by atoms with E-state index >= 15 is 0 Å². The van der Waals surface area contributed by atoms with E-state index in [2.05, 4.69) is 28.3 Å². The minimum Gasteiger partial charge on any atom is -0.385 e. The van der Waals surface area contributed by atoms with Gasteiger partial charge in [-0.25, -0.2) is 0 Å². The first-order valence-corrected chi connectivity index (χ1v) is 8.52. The molecule has 1 aliphatic rings. The molecule has 0 bridgehead atoms. The normalized spacial score (nSPS) is 14.7. The lowest BCUT2D eigenvalue weighted by atomic mass is 10.2. The number of ether oxygens (including phenoxy) is 2. The van der Waals surface area contributed by atoms with Crippen molar-refractivity contribution >= 4 is 11.6 Å². The molecule has 1 saturated heterocycles. The number of nitrogens with zero attached hydrogens (tertiary/aromatic N) is 2. The lowest BCUT2D eigenvalue weighted by Crippen LogP contribution is -2.36. The maximum absolute atomic E-state index is 12.7. The Morgan fingerprint density at radius 1 is 1.38 bits per heavy atom. The average molecular weight is 335 g/mol. The predicted octanol–water partition coefficient (Wildman–Crippen LogP) is 1.89. The van der Waals surface area contributed by atoms with Crippen LogP contribution < -0.4 is 10.2 Å². The summed E-state index contributed by atoms with van der Waals surface area (Å²) in [5.41, 5.74) is 4.02. The van der Waals surface area contributed by atoms with Crippen LogP contribution >= 0.6 is 0 Å². The number of anilines is 1. The number of hydrogen-bond donors (Lipinski definition) is 1. The molecule has 1 N–H and O–H groups in total. The molecular weight excluding hydrogens is 306 g/mol. The fourth-order valence-electron chi connectivity index (χ4n) is 3.29. The maximum atomic E-state index is 12.7. The van der Waals surface area contributed by atoms with E-state index in [0.29, 0.717) is 19.7 Å². The van der Waals surface area contributed by atoms with Crippen LogP contribution in [0.3, 0.4) is 0 Å². The van der Waals surface area contributed by atoms with Crippen LogP contribution in [0.15, 0.2) is 12.7 Å². The quantitative estimate of drug-likeness (QED) is 0.582. The minimum absolute atomic E-state index is 0.0342. The van der Waals surface area contributed by atoms with Crippen molar-refractivity contribution in [3.8, 4) is 0 Å². The highest BCUT2D eigenvalue weighted by atomic mass is 16.5. The first-order valence-electron chi connectivity index (χ1n) is 8.52. The number of morpholine rings is 1. The van der Waals surface area contributed by atoms with E-state index < -0.39 is 0 Å². The highest BCUT2D eigenvalue weighted by Crippen LogP contribution is 2.31. The third-order valence-corrected chi connectivity index (χ3v) is 4.39. The molecule has 0 aromatic carbocycles. The Balaban J connectivity index is 2.27. The van der Waals surface area contributed by atoms with Crippen molar-refractivity contribution in [3.05, 3.63) is 29.6 Å². The zero-order valence-corrected chi connectivity index (χ0v) is 15.1. The van der Waals surface area contributed by atoms with E-state index in [1.807, 2.05) is 13.0 Å². The van der Waals surface area contributed by atoms with E-state index in [0.717, 1.165) is 55.4 Å². The number of nitrogens with one attached hydrogen (secondary N) is 1. The molecule has 2 heterocycles. The lowest BCUT2D eigenvalue weighted by Gasteiger charge is -2.29. The highest BCUT2D eigenvalue weighted by molar-refractivity contribution is 5.96. The molecule has 134 valence electrons. The summed E-state index contributed by atoms with van der Waals surface area (Å²) < 4.78 is 12.5. The summed E-state index contributed by atoms with van der Waals surface area (Å²) in [7, 11) is 1.67. The maximum Gasteiger partial charge on any atom is 0.268 e. The number of hydrogen-bond acceptors (Lipinski definition) is 4. The number of carbonyl (C=O) groups excluding carboxylic acids is 1. The second-order valence-corrected chi connectivity index (χ2v) is 6.01. The Morgan fingerprint density at radius 2 is 2.08 bits per heavy atom. The Labute approximate surface area is 144 Å². The Hall–Kier alpha value is -1.79. The van der Waals surface area contributed by atoms with Gasteiger partial charge in [-0.2, -0.15) is 0 Å². The number of allylic oxidation sites excluding steroid dienone is 1. The van der Waals surface area contributed by atoms with Crippen molar-refractivity contribution in [2.24, 2.45) is 0 Å². The van der Waals surface area contributed by atoms with E-state index in [9.17, 15) is 4.79 Å². The third-order valence-electron chi connectivity index (χ3n) is 4.39. The van der Waals surface area contributed by atoms with Crippen LogP contribution in [0.4, 0.5) is 5.69 Å². The molecule has 0 atom stereocenters. The fourth-order valence-corrected chi connectivity index (χ4v) is 3.29. The van der Waals surface area contributed by atoms with Crippen LogP contribution in [0.1, 0.15) is 28.2 Å². The van der Waals surface area contributed by atoms with Crippen LogP contribution in [0.5, 0.6) is 0 Å². The Bertz CT molecular complexity index is 575. The molecule has 1 fully saturated rings. The molecule has 1 amide bonds. The molecule has 0 radical (unpaired) electrons. The predicted molar refractivity (Wildman–Crippen MR) is 96.0 cm³/mol. The largest absolute Gasteiger partial charge is 0.385 e. The molecule has 2 rings (SSSR count). The van der Waals surface area contributed by atoms with Gasteiger partial charge < -0.3 is 24.3 Å². The van der Waals surface area contributed by atoms with Gasteiger partial charge in [0.15, 0.2) is 0 Å². The van der Waals surface area contributed by atoms with Gasteiger partial charge in [0.1, 0.15) is 5.69 Å². The second kappa shape index (κ2) is 8.89. The molecule has 6 nitrogen and oxygen atoms in total. The second-order valence-electron chi connectivity index (χ2n) is 6.01. The van der Waals surface area contributed by atoms with Crippen LogP contribution in [0, 0.1) is 13.8 Å². The topological polar surface area (TPSA) is 55.7 Å². The van der Waals surface area contributed by atoms with Gasteiger partial charge >= 0.3 is 0 Å². The fraction of sp³-hybridized carbons (Fsp3) is 0.611. The van der Waals surface area contributed by atoms with Crippen molar-refractivity contribution in [1.29, 1.82) is 0 Å². The van der Waals surface area contributed by atoms with Gasteiger partial charge in [-0.15, -0.1) is 6.58 Å². The van der Waals surface area contributed by atoms with Crippen molar-refractivity contribution in [2.45, 2.75) is 26.8 Å². The molecule has 24 heavy (non-hydrogen) atoms. The zero-order chi connectivity index (χ0) is 17.5. The summed E-state index contributed by atoms with van der Waals surface area (Å²) >= 11 is 0. The number of methoxy groups -OCH3 is 1. The van der Waals surface area contributed by atoms with Crippen LogP contribution in [-0.4, -0.2) is 57.0 Å². The molecule has 0 aliphatic carbocycles. The van der Waals surface area contributed by atoms with E-state index in [1.54, 1.807) is 7.11 Å². The summed E-state index contributed by atoms with van der Waals surface area (Å²) in [5.74, 6) is -0.0342. The van der Waals surface area contributed by atoms with Gasteiger partial charge in [0, 0.05) is 51.2 Å². The summed E-state index contributed by atoms with van der Waals surface area (Å²) in [6.07, 6.45) is 2.63. The molecule has 1 aromatic heterocycles. The van der Waals surface area contributed by atoms with Crippen LogP contribution in [0.2, 0.25) is 0 Å². The number of rotatable bonds is 8. The molecule has 1 aromatic rings. The SMILES string of the molecule is C=CCn1c(C)c(N2CCOCC2)c(C)c1C(=O)NCCCOC. The standard InChI is InChI=1S/C18H29N3O3/c1-5-8-21-15(3)16(20-9-12-24-13-10-20)14(2)17(21)18(22)19-7-6-11-23-4/h5H,1,6-13H2,2-4H3,(H,19,22). The summed E-state index contributed by atoms with van der Waals surface area (Å²) in [6.45, 7) is 13.0. The summed E-state index contributed by atoms with van der Waals surface area (Å²) in [4.78, 5) is 15.0. The van der Waals surface area contributed by atoms with Gasteiger partial charge in [0.25, 0.3) is 5.91 Å². The van der Waals surface area contributed by atoms with Crippen LogP contribution in [0.25, 0.3) is 0 Å². The first-order chi connectivity index (χ1) is 11.6. The Kier molecular flexibility index (Phi) is 6.87. The lowest BCUT2D eigenvalue weighted by molar-refractivity contribution is 0.0939. The van der Waals surface area contributed by atoms with Gasteiger partial charge in [-0.05, 0) is 20.3 Å². The molecule has 0 unspecified atom stereocenters. The first kappa shape index (κ1) is 18.5. The molecule has 1 aliphatic heterocycles. The minimum atomic E-state index is -0.0342. The van der Waals surface area contributed by atoms with Crippen molar-refractivity contribution in [1.82, 2.24) is 9.88 Å². The van der Waals surface area contributed by atoms with E-state index in [-0.39, 0.29) is 5.91 Å². The summed E-state index contributed by atoms with van der Waals surface area (Å²) in [6, 6.07) is 0. The summed E-state index contributed by atoms with van der Waals surface area (Å²) in [5, 5.41) is 3.00. The molecule has 6 heteroatoms. The van der Waals surface area contributed by atoms with Gasteiger partial charge in [-0.3, -0.25) is 4.79 Å². The monoisotopic (exact) mass is 335 g/mol. The Morgan fingerprint density at radius 3 is 2.71 bits per heavy atom. The van der Waals surface area contributed by atoms with E-state index in [1.165, 1.54) is 0 Å². The highest BCUT2D eigenvalue weighted by Gasteiger charge is 2.26.